The number of aliphatic hydroxyl groups excluding tert-OH is 1. The average Bonchev–Trinajstić information content (AvgIpc) is 3.25. The molecular formula is C27H35N3O3. The van der Waals surface area contributed by atoms with Crippen molar-refractivity contribution in [1.82, 2.24) is 9.88 Å². The Bertz CT molecular complexity index is 944. The number of likely N-dealkylation sites (tertiary alicyclic amines) is 1. The van der Waals surface area contributed by atoms with E-state index < -0.39 is 6.10 Å². The number of hydrogen-bond acceptors (Lipinski definition) is 5. The number of carbonyl (C=O) groups is 2. The molecule has 2 N–H and O–H groups in total. The highest BCUT2D eigenvalue weighted by atomic mass is 16.3. The molecule has 176 valence electrons. The topological polar surface area (TPSA) is 82.5 Å². The van der Waals surface area contributed by atoms with Gasteiger partial charge in [0.15, 0.2) is 5.78 Å². The Balaban J connectivity index is 1.19. The van der Waals surface area contributed by atoms with Crippen LogP contribution in [0.25, 0.3) is 0 Å². The second-order valence-electron chi connectivity index (χ2n) is 9.62. The van der Waals surface area contributed by atoms with E-state index in [1.54, 1.807) is 19.3 Å². The van der Waals surface area contributed by atoms with Crippen LogP contribution >= 0.6 is 0 Å². The summed E-state index contributed by atoms with van der Waals surface area (Å²) in [6, 6.07) is 10.7. The summed E-state index contributed by atoms with van der Waals surface area (Å²) in [5.41, 5.74) is 4.30. The van der Waals surface area contributed by atoms with Crippen LogP contribution in [0.2, 0.25) is 0 Å². The molecule has 1 aliphatic heterocycles. The van der Waals surface area contributed by atoms with Crippen LogP contribution in [0.4, 0.5) is 5.69 Å². The lowest BCUT2D eigenvalue weighted by Crippen LogP contribution is -2.41. The predicted octanol–water partition coefficient (Wildman–Crippen LogP) is 4.02. The van der Waals surface area contributed by atoms with Gasteiger partial charge in [-0.1, -0.05) is 24.3 Å². The third-order valence-electron chi connectivity index (χ3n) is 7.12. The summed E-state index contributed by atoms with van der Waals surface area (Å²) in [5, 5.41) is 13.9. The molecule has 0 saturated carbocycles. The number of benzene rings is 1. The minimum absolute atomic E-state index is 0.0184. The van der Waals surface area contributed by atoms with E-state index in [0.717, 1.165) is 57.3 Å². The molecule has 4 rings (SSSR count). The first kappa shape index (κ1) is 23.4. The lowest BCUT2D eigenvalue weighted by Gasteiger charge is -2.32. The van der Waals surface area contributed by atoms with E-state index in [1.807, 2.05) is 11.0 Å². The van der Waals surface area contributed by atoms with Crippen molar-refractivity contribution in [3.8, 4) is 0 Å². The summed E-state index contributed by atoms with van der Waals surface area (Å²) < 4.78 is 0. The highest BCUT2D eigenvalue weighted by Crippen LogP contribution is 2.30. The highest BCUT2D eigenvalue weighted by Gasteiger charge is 2.23. The van der Waals surface area contributed by atoms with E-state index >= 15 is 0 Å². The Morgan fingerprint density at radius 3 is 2.48 bits per heavy atom. The van der Waals surface area contributed by atoms with Crippen molar-refractivity contribution in [2.75, 3.05) is 18.4 Å². The quantitative estimate of drug-likeness (QED) is 0.565. The fourth-order valence-electron chi connectivity index (χ4n) is 5.11. The first-order valence-electron chi connectivity index (χ1n) is 12.2. The van der Waals surface area contributed by atoms with Gasteiger partial charge in [-0.15, -0.1) is 0 Å². The van der Waals surface area contributed by atoms with Gasteiger partial charge in [0.25, 0.3) is 0 Å². The molecule has 0 radical (unpaired) electrons. The van der Waals surface area contributed by atoms with Crippen molar-refractivity contribution in [3.05, 3.63) is 59.4 Å². The molecule has 0 spiro atoms. The van der Waals surface area contributed by atoms with E-state index in [-0.39, 0.29) is 17.7 Å². The Morgan fingerprint density at radius 1 is 1.12 bits per heavy atom. The van der Waals surface area contributed by atoms with Crippen LogP contribution in [-0.4, -0.2) is 51.9 Å². The van der Waals surface area contributed by atoms with Gasteiger partial charge < -0.3 is 15.3 Å². The Kier molecular flexibility index (Phi) is 7.76. The summed E-state index contributed by atoms with van der Waals surface area (Å²) in [4.78, 5) is 30.3. The molecule has 2 aromatic rings. The number of nitrogens with one attached hydrogen (secondary N) is 1. The molecule has 2 heterocycles. The van der Waals surface area contributed by atoms with Gasteiger partial charge in [0.05, 0.1) is 11.8 Å². The van der Waals surface area contributed by atoms with Crippen molar-refractivity contribution in [3.63, 3.8) is 0 Å². The van der Waals surface area contributed by atoms with Crippen molar-refractivity contribution in [2.24, 2.45) is 5.92 Å². The number of ketones is 1. The van der Waals surface area contributed by atoms with E-state index in [1.165, 1.54) is 11.1 Å². The molecule has 1 aromatic heterocycles. The molecule has 6 nitrogen and oxygen atoms in total. The summed E-state index contributed by atoms with van der Waals surface area (Å²) in [7, 11) is 0. The zero-order chi connectivity index (χ0) is 23.2. The standard InChI is InChI=1S/C27H35N3O3/c1-19(31)30-12-10-24(11-13-30)29-25-16-23(17-28-18-25)27(33)9-8-26(32)7-6-20-14-21-4-2-3-5-22(21)15-20/h2-5,16-18,20,24,26,29,32H,6-15H2,1H3. The van der Waals surface area contributed by atoms with E-state index in [9.17, 15) is 14.7 Å². The van der Waals surface area contributed by atoms with Gasteiger partial charge in [-0.2, -0.15) is 0 Å². The minimum Gasteiger partial charge on any atom is -0.393 e. The number of aromatic nitrogens is 1. The second-order valence-corrected chi connectivity index (χ2v) is 9.62. The number of Topliss-reactive ketones (excluding diaryl/α,β-unsaturated/α-hetero) is 1. The summed E-state index contributed by atoms with van der Waals surface area (Å²) in [5.74, 6) is 0.741. The average molecular weight is 450 g/mol. The van der Waals surface area contributed by atoms with Crippen LogP contribution < -0.4 is 5.32 Å². The molecule has 2 aliphatic rings. The van der Waals surface area contributed by atoms with Crippen molar-refractivity contribution < 1.29 is 14.7 Å². The van der Waals surface area contributed by atoms with Gasteiger partial charge >= 0.3 is 0 Å². The number of nitrogens with zero attached hydrogens (tertiary/aromatic N) is 2. The third kappa shape index (κ3) is 6.41. The van der Waals surface area contributed by atoms with Gasteiger partial charge in [-0.25, -0.2) is 0 Å². The highest BCUT2D eigenvalue weighted by molar-refractivity contribution is 5.96. The molecule has 1 saturated heterocycles. The molecule has 1 fully saturated rings. The Hall–Kier alpha value is -2.73. The van der Waals surface area contributed by atoms with E-state index in [2.05, 4.69) is 34.6 Å². The third-order valence-corrected chi connectivity index (χ3v) is 7.12. The van der Waals surface area contributed by atoms with Crippen molar-refractivity contribution >= 4 is 17.4 Å². The number of carbonyl (C=O) groups excluding carboxylic acids is 2. The van der Waals surface area contributed by atoms with Gasteiger partial charge in [-0.3, -0.25) is 14.6 Å². The van der Waals surface area contributed by atoms with Gasteiger partial charge in [0.1, 0.15) is 0 Å². The Morgan fingerprint density at radius 2 is 1.82 bits per heavy atom. The molecule has 1 amide bonds. The molecule has 1 unspecified atom stereocenters. The molecule has 1 aliphatic carbocycles. The first-order valence-corrected chi connectivity index (χ1v) is 12.2. The number of aliphatic hydroxyl groups is 1. The number of amides is 1. The number of fused-ring (bicyclic) bond motifs is 1. The predicted molar refractivity (Wildman–Crippen MR) is 129 cm³/mol. The van der Waals surface area contributed by atoms with Crippen LogP contribution in [0.5, 0.6) is 0 Å². The fraction of sp³-hybridized carbons (Fsp3) is 0.519. The molecular weight excluding hydrogens is 414 g/mol. The first-order chi connectivity index (χ1) is 16.0. The van der Waals surface area contributed by atoms with Gasteiger partial charge in [0, 0.05) is 50.4 Å². The smallest absolute Gasteiger partial charge is 0.219 e. The zero-order valence-electron chi connectivity index (χ0n) is 19.5. The number of hydrogen-bond donors (Lipinski definition) is 2. The largest absolute Gasteiger partial charge is 0.393 e. The molecule has 0 bridgehead atoms. The SMILES string of the molecule is CC(=O)N1CCC(Nc2cncc(C(=O)CCC(O)CCC3Cc4ccccc4C3)c2)CC1. The number of piperidine rings is 1. The van der Waals surface area contributed by atoms with E-state index in [0.29, 0.717) is 24.3 Å². The van der Waals surface area contributed by atoms with Gasteiger partial charge in [-0.05, 0) is 68.1 Å². The van der Waals surface area contributed by atoms with Crippen LogP contribution in [0.15, 0.2) is 42.7 Å². The van der Waals surface area contributed by atoms with Crippen LogP contribution in [0.1, 0.15) is 66.9 Å². The van der Waals surface area contributed by atoms with Crippen molar-refractivity contribution in [2.45, 2.75) is 70.4 Å². The monoisotopic (exact) mass is 449 g/mol. The van der Waals surface area contributed by atoms with E-state index in [4.69, 9.17) is 0 Å². The molecule has 6 heteroatoms. The minimum atomic E-state index is -0.446. The van der Waals surface area contributed by atoms with Crippen LogP contribution in [-0.2, 0) is 17.6 Å². The zero-order valence-corrected chi connectivity index (χ0v) is 19.5. The normalized spacial score (nSPS) is 17.6. The lowest BCUT2D eigenvalue weighted by molar-refractivity contribution is -0.129. The number of rotatable bonds is 9. The lowest BCUT2D eigenvalue weighted by atomic mass is 9.95. The summed E-state index contributed by atoms with van der Waals surface area (Å²) in [6.45, 7) is 3.12. The second kappa shape index (κ2) is 10.9. The fourth-order valence-corrected chi connectivity index (χ4v) is 5.11. The van der Waals surface area contributed by atoms with Crippen LogP contribution in [0.3, 0.4) is 0 Å². The molecule has 1 aromatic carbocycles. The summed E-state index contributed by atoms with van der Waals surface area (Å²) >= 11 is 0. The number of anilines is 1. The maximum atomic E-state index is 12.7. The van der Waals surface area contributed by atoms with Crippen LogP contribution in [0, 0.1) is 5.92 Å². The number of pyridine rings is 1. The maximum absolute atomic E-state index is 12.7. The summed E-state index contributed by atoms with van der Waals surface area (Å²) in [6.07, 6.45) is 9.41. The van der Waals surface area contributed by atoms with Crippen molar-refractivity contribution in [1.29, 1.82) is 0 Å². The maximum Gasteiger partial charge on any atom is 0.219 e. The molecule has 1 atom stereocenters. The molecule has 33 heavy (non-hydrogen) atoms. The van der Waals surface area contributed by atoms with Gasteiger partial charge in [0.2, 0.25) is 5.91 Å². The Labute approximate surface area is 196 Å².